The minimum atomic E-state index is 0.685. The summed E-state index contributed by atoms with van der Waals surface area (Å²) in [5.41, 5.74) is 1.10. The van der Waals surface area contributed by atoms with Crippen molar-refractivity contribution in [1.29, 1.82) is 0 Å². The van der Waals surface area contributed by atoms with Crippen molar-refractivity contribution in [2.75, 3.05) is 51.3 Å². The number of hydrogen-bond acceptors (Lipinski definition) is 5. The van der Waals surface area contributed by atoms with Crippen LogP contribution in [0, 0.1) is 6.07 Å². The fraction of sp³-hybridized carbons (Fsp3) is 0.381. The number of rotatable bonds is 7. The van der Waals surface area contributed by atoms with E-state index in [9.17, 15) is 0 Å². The molecule has 141 valence electrons. The Morgan fingerprint density at radius 2 is 1.96 bits per heavy atom. The Morgan fingerprint density at radius 3 is 2.81 bits per heavy atom. The van der Waals surface area contributed by atoms with Crippen LogP contribution in [-0.2, 0) is 0 Å². The zero-order valence-electron chi connectivity index (χ0n) is 15.6. The smallest absolute Gasteiger partial charge is 0.161 e. The van der Waals surface area contributed by atoms with Gasteiger partial charge < -0.3 is 14.4 Å². The summed E-state index contributed by atoms with van der Waals surface area (Å²) in [5.74, 6) is 2.59. The van der Waals surface area contributed by atoms with Crippen LogP contribution in [-0.4, -0.2) is 61.5 Å². The van der Waals surface area contributed by atoms with E-state index >= 15 is 0 Å². The van der Waals surface area contributed by atoms with Gasteiger partial charge in [0, 0.05) is 38.1 Å². The average Bonchev–Trinajstić information content (AvgIpc) is 3.16. The number of para-hydroxylation sites is 1. The van der Waals surface area contributed by atoms with Gasteiger partial charge in [0.05, 0.1) is 19.2 Å². The van der Waals surface area contributed by atoms with Gasteiger partial charge in [-0.05, 0) is 36.8 Å². The van der Waals surface area contributed by atoms with E-state index < -0.39 is 0 Å². The molecule has 27 heavy (non-hydrogen) atoms. The van der Waals surface area contributed by atoms with Crippen LogP contribution < -0.4 is 14.4 Å². The van der Waals surface area contributed by atoms with Crippen LogP contribution >= 0.6 is 0 Å². The maximum Gasteiger partial charge on any atom is 0.161 e. The number of benzene rings is 2. The van der Waals surface area contributed by atoms with Gasteiger partial charge in [-0.3, -0.25) is 10.00 Å². The van der Waals surface area contributed by atoms with Crippen molar-refractivity contribution >= 4 is 16.7 Å². The maximum atomic E-state index is 5.85. The summed E-state index contributed by atoms with van der Waals surface area (Å²) in [5, 5.41) is 8.85. The van der Waals surface area contributed by atoms with Crippen LogP contribution in [0.4, 0.5) is 5.82 Å². The van der Waals surface area contributed by atoms with Crippen molar-refractivity contribution in [3.05, 3.63) is 48.5 Å². The fourth-order valence-corrected chi connectivity index (χ4v) is 3.52. The maximum absolute atomic E-state index is 5.85. The van der Waals surface area contributed by atoms with Crippen LogP contribution in [0.15, 0.2) is 42.5 Å². The lowest BCUT2D eigenvalue weighted by Gasteiger charge is -2.35. The van der Waals surface area contributed by atoms with Gasteiger partial charge in [0.15, 0.2) is 17.3 Å². The predicted octanol–water partition coefficient (Wildman–Crippen LogP) is 2.96. The Kier molecular flexibility index (Phi) is 5.44. The summed E-state index contributed by atoms with van der Waals surface area (Å²) in [7, 11) is 1.65. The third-order valence-corrected chi connectivity index (χ3v) is 5.01. The number of H-pyrrole nitrogens is 1. The van der Waals surface area contributed by atoms with Gasteiger partial charge in [-0.2, -0.15) is 5.10 Å². The standard InChI is InChI=1S/C21H25N4O2/c1-26-19-9-4-5-10-20(19)27-16-6-11-24-12-14-25(15-13-24)21-17-7-2-3-8-18(17)22-23-21/h2-3,5,7-10H,6,11-16H2,1H3,(H,22,23). The number of hydrogen-bond donors (Lipinski definition) is 1. The zero-order chi connectivity index (χ0) is 18.5. The highest BCUT2D eigenvalue weighted by Gasteiger charge is 2.20. The molecule has 3 aromatic rings. The third-order valence-electron chi connectivity index (χ3n) is 5.01. The highest BCUT2D eigenvalue weighted by molar-refractivity contribution is 5.90. The van der Waals surface area contributed by atoms with Crippen molar-refractivity contribution in [1.82, 2.24) is 15.1 Å². The van der Waals surface area contributed by atoms with Crippen molar-refractivity contribution < 1.29 is 9.47 Å². The summed E-state index contributed by atoms with van der Waals surface area (Å²) in [6, 6.07) is 16.8. The van der Waals surface area contributed by atoms with Crippen LogP contribution in [0.3, 0.4) is 0 Å². The van der Waals surface area contributed by atoms with Crippen molar-refractivity contribution in [2.24, 2.45) is 0 Å². The molecule has 6 nitrogen and oxygen atoms in total. The monoisotopic (exact) mass is 365 g/mol. The lowest BCUT2D eigenvalue weighted by molar-refractivity contribution is 0.221. The Bertz CT molecular complexity index is 871. The molecule has 0 spiro atoms. The molecule has 1 fully saturated rings. The second-order valence-electron chi connectivity index (χ2n) is 6.70. The fourth-order valence-electron chi connectivity index (χ4n) is 3.52. The Labute approximate surface area is 159 Å². The van der Waals surface area contributed by atoms with Crippen LogP contribution in [0.5, 0.6) is 11.5 Å². The van der Waals surface area contributed by atoms with Crippen LogP contribution in [0.1, 0.15) is 6.42 Å². The molecule has 0 bridgehead atoms. The van der Waals surface area contributed by atoms with Crippen molar-refractivity contribution in [3.63, 3.8) is 0 Å². The number of fused-ring (bicyclic) bond motifs is 1. The molecule has 1 aliphatic rings. The van der Waals surface area contributed by atoms with Crippen molar-refractivity contribution in [2.45, 2.75) is 6.42 Å². The highest BCUT2D eigenvalue weighted by Crippen LogP contribution is 2.26. The van der Waals surface area contributed by atoms with E-state index in [2.05, 4.69) is 44.3 Å². The Balaban J connectivity index is 1.23. The lowest BCUT2D eigenvalue weighted by Crippen LogP contribution is -2.47. The van der Waals surface area contributed by atoms with Crippen LogP contribution in [0.2, 0.25) is 0 Å². The zero-order valence-corrected chi connectivity index (χ0v) is 15.6. The first-order valence-electron chi connectivity index (χ1n) is 9.42. The van der Waals surface area contributed by atoms with E-state index in [1.165, 1.54) is 5.39 Å². The van der Waals surface area contributed by atoms with Gasteiger partial charge in [-0.25, -0.2) is 0 Å². The highest BCUT2D eigenvalue weighted by atomic mass is 16.5. The molecule has 0 saturated carbocycles. The number of methoxy groups -OCH3 is 1. The summed E-state index contributed by atoms with van der Waals surface area (Å²) < 4.78 is 11.1. The van der Waals surface area contributed by atoms with E-state index in [-0.39, 0.29) is 0 Å². The molecule has 1 saturated heterocycles. The predicted molar refractivity (Wildman–Crippen MR) is 107 cm³/mol. The lowest BCUT2D eigenvalue weighted by atomic mass is 10.2. The van der Waals surface area contributed by atoms with Gasteiger partial charge in [-0.15, -0.1) is 0 Å². The summed E-state index contributed by atoms with van der Waals surface area (Å²) in [6.07, 6.45) is 0.993. The number of anilines is 1. The molecule has 2 heterocycles. The topological polar surface area (TPSA) is 53.6 Å². The first-order valence-corrected chi connectivity index (χ1v) is 9.42. The molecule has 1 radical (unpaired) electrons. The normalized spacial score (nSPS) is 15.2. The summed E-state index contributed by atoms with van der Waals surface area (Å²) in [6.45, 7) is 5.81. The molecule has 0 amide bonds. The van der Waals surface area contributed by atoms with E-state index in [0.29, 0.717) is 6.61 Å². The van der Waals surface area contributed by atoms with Crippen LogP contribution in [0.25, 0.3) is 10.9 Å². The number of nitrogens with one attached hydrogen (secondary N) is 1. The van der Waals surface area contributed by atoms with Gasteiger partial charge in [0.25, 0.3) is 0 Å². The number of nitrogens with zero attached hydrogens (tertiary/aromatic N) is 3. The molecular formula is C21H25N4O2. The first kappa shape index (κ1) is 17.7. The first-order chi connectivity index (χ1) is 13.3. The minimum absolute atomic E-state index is 0.685. The van der Waals surface area contributed by atoms with E-state index in [1.54, 1.807) is 13.2 Å². The second-order valence-corrected chi connectivity index (χ2v) is 6.70. The van der Waals surface area contributed by atoms with E-state index in [0.717, 1.165) is 62.0 Å². The molecule has 1 N–H and O–H groups in total. The molecule has 4 rings (SSSR count). The van der Waals surface area contributed by atoms with Gasteiger partial charge in [0.1, 0.15) is 0 Å². The number of piperazine rings is 1. The molecule has 1 aromatic heterocycles. The quantitative estimate of drug-likeness (QED) is 0.653. The molecule has 0 aliphatic carbocycles. The largest absolute Gasteiger partial charge is 0.493 e. The van der Waals surface area contributed by atoms with E-state index in [4.69, 9.17) is 9.47 Å². The van der Waals surface area contributed by atoms with Gasteiger partial charge in [0.2, 0.25) is 0 Å². The molecule has 6 heteroatoms. The average molecular weight is 365 g/mol. The molecule has 1 aliphatic heterocycles. The van der Waals surface area contributed by atoms with Gasteiger partial charge >= 0.3 is 0 Å². The van der Waals surface area contributed by atoms with Crippen molar-refractivity contribution in [3.8, 4) is 11.5 Å². The van der Waals surface area contributed by atoms with Gasteiger partial charge in [-0.1, -0.05) is 18.2 Å². The molecular weight excluding hydrogens is 340 g/mol. The second kappa shape index (κ2) is 8.31. The number of aromatic amines is 1. The Hall–Kier alpha value is -2.73. The third kappa shape index (κ3) is 4.01. The summed E-state index contributed by atoms with van der Waals surface area (Å²) >= 11 is 0. The summed E-state index contributed by atoms with van der Waals surface area (Å²) in [4.78, 5) is 4.86. The number of aromatic nitrogens is 2. The molecule has 2 aromatic carbocycles. The molecule has 0 unspecified atom stereocenters. The number of ether oxygens (including phenoxy) is 2. The molecule has 0 atom stereocenters. The SMILES string of the molecule is COc1c[c]ccc1OCCCN1CCN(c2n[nH]c3ccccc23)CC1. The Morgan fingerprint density at radius 1 is 1.11 bits per heavy atom. The van der Waals surface area contributed by atoms with E-state index in [1.807, 2.05) is 18.2 Å². The minimum Gasteiger partial charge on any atom is -0.493 e.